The molecule has 2 aliphatic rings. The molecule has 4 rings (SSSR count). The number of aromatic nitrogens is 1. The van der Waals surface area contributed by atoms with Crippen LogP contribution in [0.5, 0.6) is 0 Å². The molecule has 0 saturated heterocycles. The van der Waals surface area contributed by atoms with Crippen LogP contribution in [0, 0.1) is 5.92 Å². The second kappa shape index (κ2) is 5.69. The van der Waals surface area contributed by atoms with Gasteiger partial charge in [0.25, 0.3) is 5.91 Å². The second-order valence-electron chi connectivity index (χ2n) is 7.49. The Morgan fingerprint density at radius 3 is 2.72 bits per heavy atom. The topological polar surface area (TPSA) is 62.3 Å². The minimum absolute atomic E-state index is 0.00949. The van der Waals surface area contributed by atoms with Crippen molar-refractivity contribution in [1.29, 1.82) is 0 Å². The maximum absolute atomic E-state index is 13.1. The normalized spacial score (nSPS) is 17.9. The minimum Gasteiger partial charge on any atom is -0.310 e. The van der Waals surface area contributed by atoms with Gasteiger partial charge in [-0.25, -0.2) is 4.98 Å². The smallest absolute Gasteiger partial charge is 0.258 e. The predicted octanol–water partition coefficient (Wildman–Crippen LogP) is 3.37. The van der Waals surface area contributed by atoms with Gasteiger partial charge < -0.3 is 10.2 Å². The number of carbonyl (C=O) groups excluding carboxylic acids is 2. The summed E-state index contributed by atoms with van der Waals surface area (Å²) in [5, 5.41) is 2.80. The average molecular weight is 335 g/mol. The molecule has 2 aromatic rings. The van der Waals surface area contributed by atoms with E-state index >= 15 is 0 Å². The van der Waals surface area contributed by atoms with E-state index in [1.807, 2.05) is 23.1 Å². The van der Waals surface area contributed by atoms with Gasteiger partial charge in [-0.3, -0.25) is 9.59 Å². The van der Waals surface area contributed by atoms with Crippen molar-refractivity contribution in [3.8, 4) is 0 Å². The monoisotopic (exact) mass is 335 g/mol. The Hall–Kier alpha value is -2.69. The summed E-state index contributed by atoms with van der Waals surface area (Å²) in [6.45, 7) is 4.93. The zero-order valence-electron chi connectivity index (χ0n) is 14.5. The lowest BCUT2D eigenvalue weighted by Crippen LogP contribution is -2.34. The summed E-state index contributed by atoms with van der Waals surface area (Å²) in [5.74, 6) is 0.467. The first kappa shape index (κ1) is 15.8. The number of hydrogen-bond acceptors (Lipinski definition) is 3. The van der Waals surface area contributed by atoms with Crippen LogP contribution in [0.25, 0.3) is 0 Å². The third-order valence-electron chi connectivity index (χ3n) is 4.93. The molecule has 5 nitrogen and oxygen atoms in total. The third-order valence-corrected chi connectivity index (χ3v) is 4.93. The van der Waals surface area contributed by atoms with Crippen LogP contribution >= 0.6 is 0 Å². The molecule has 1 N–H and O–H groups in total. The van der Waals surface area contributed by atoms with Crippen LogP contribution in [-0.2, 0) is 10.2 Å². The van der Waals surface area contributed by atoms with Crippen molar-refractivity contribution in [2.75, 3.05) is 16.8 Å². The maximum atomic E-state index is 13.1. The van der Waals surface area contributed by atoms with Gasteiger partial charge in [-0.2, -0.15) is 0 Å². The van der Waals surface area contributed by atoms with Crippen molar-refractivity contribution in [2.45, 2.75) is 32.1 Å². The Balaban J connectivity index is 1.60. The second-order valence-corrected chi connectivity index (χ2v) is 7.49. The van der Waals surface area contributed by atoms with Gasteiger partial charge in [-0.1, -0.05) is 32.0 Å². The molecule has 0 radical (unpaired) electrons. The summed E-state index contributed by atoms with van der Waals surface area (Å²) >= 11 is 0. The van der Waals surface area contributed by atoms with Crippen LogP contribution in [-0.4, -0.2) is 23.3 Å². The number of nitrogens with zero attached hydrogens (tertiary/aromatic N) is 2. The first-order chi connectivity index (χ1) is 12.0. The Morgan fingerprint density at radius 2 is 1.96 bits per heavy atom. The van der Waals surface area contributed by atoms with E-state index in [1.54, 1.807) is 18.3 Å². The highest BCUT2D eigenvalue weighted by Gasteiger charge is 2.38. The molecule has 1 aromatic carbocycles. The standard InChI is InChI=1S/C20H21N3O2/c1-20(2)12-23(16-6-4-3-5-15(16)20)19(25)14-9-10-21-17(11-14)22-18(24)13-7-8-13/h3-6,9-11,13H,7-8,12H2,1-2H3,(H,21,22,24). The first-order valence-corrected chi connectivity index (χ1v) is 8.64. The molecule has 2 heterocycles. The molecule has 1 aromatic heterocycles. The molecule has 1 saturated carbocycles. The molecule has 0 spiro atoms. The number of anilines is 2. The summed E-state index contributed by atoms with van der Waals surface area (Å²) in [4.78, 5) is 31.0. The van der Waals surface area contributed by atoms with Gasteiger partial charge in [0, 0.05) is 35.3 Å². The molecule has 0 bridgehead atoms. The van der Waals surface area contributed by atoms with E-state index in [0.29, 0.717) is 17.9 Å². The van der Waals surface area contributed by atoms with Crippen LogP contribution in [0.15, 0.2) is 42.6 Å². The van der Waals surface area contributed by atoms with Crippen LogP contribution < -0.4 is 10.2 Å². The van der Waals surface area contributed by atoms with Gasteiger partial charge in [0.1, 0.15) is 5.82 Å². The molecule has 1 aliphatic carbocycles. The van der Waals surface area contributed by atoms with Crippen molar-refractivity contribution in [3.05, 3.63) is 53.7 Å². The van der Waals surface area contributed by atoms with Crippen LogP contribution in [0.4, 0.5) is 11.5 Å². The van der Waals surface area contributed by atoms with E-state index in [9.17, 15) is 9.59 Å². The fourth-order valence-corrected chi connectivity index (χ4v) is 3.39. The third kappa shape index (κ3) is 2.90. The van der Waals surface area contributed by atoms with Crippen LogP contribution in [0.3, 0.4) is 0 Å². The number of carbonyl (C=O) groups is 2. The highest BCUT2D eigenvalue weighted by Crippen LogP contribution is 2.40. The van der Waals surface area contributed by atoms with Crippen LogP contribution in [0.2, 0.25) is 0 Å². The number of fused-ring (bicyclic) bond motifs is 1. The van der Waals surface area contributed by atoms with Crippen LogP contribution in [0.1, 0.15) is 42.6 Å². The van der Waals surface area contributed by atoms with Crippen molar-refractivity contribution in [2.24, 2.45) is 5.92 Å². The number of nitrogens with one attached hydrogen (secondary N) is 1. The molecule has 1 aliphatic heterocycles. The number of rotatable bonds is 3. The van der Waals surface area contributed by atoms with Gasteiger partial charge in [0.2, 0.25) is 5.91 Å². The van der Waals surface area contributed by atoms with E-state index in [1.165, 1.54) is 5.56 Å². The van der Waals surface area contributed by atoms with Gasteiger partial charge in [0.15, 0.2) is 0 Å². The first-order valence-electron chi connectivity index (χ1n) is 8.64. The number of hydrogen-bond donors (Lipinski definition) is 1. The molecule has 2 amide bonds. The van der Waals surface area contributed by atoms with Crippen molar-refractivity contribution in [1.82, 2.24) is 4.98 Å². The molecule has 25 heavy (non-hydrogen) atoms. The summed E-state index contributed by atoms with van der Waals surface area (Å²) in [6.07, 6.45) is 3.44. The summed E-state index contributed by atoms with van der Waals surface area (Å²) in [5.41, 5.74) is 2.59. The number of benzene rings is 1. The molecule has 0 unspecified atom stereocenters. The summed E-state index contributed by atoms with van der Waals surface area (Å²) < 4.78 is 0. The number of amides is 2. The van der Waals surface area contributed by atoms with E-state index in [4.69, 9.17) is 0 Å². The predicted molar refractivity (Wildman–Crippen MR) is 96.7 cm³/mol. The highest BCUT2D eigenvalue weighted by atomic mass is 16.2. The van der Waals surface area contributed by atoms with Crippen molar-refractivity contribution < 1.29 is 9.59 Å². The van der Waals surface area contributed by atoms with E-state index in [-0.39, 0.29) is 23.1 Å². The fraction of sp³-hybridized carbons (Fsp3) is 0.350. The summed E-state index contributed by atoms with van der Waals surface area (Å²) in [6, 6.07) is 11.4. The average Bonchev–Trinajstić information content (AvgIpc) is 3.41. The van der Waals surface area contributed by atoms with E-state index < -0.39 is 0 Å². The molecule has 1 fully saturated rings. The molecular formula is C20H21N3O2. The lowest BCUT2D eigenvalue weighted by molar-refractivity contribution is -0.117. The Labute approximate surface area is 147 Å². The number of para-hydroxylation sites is 1. The van der Waals surface area contributed by atoms with Gasteiger partial charge in [0.05, 0.1) is 0 Å². The lowest BCUT2D eigenvalue weighted by atomic mass is 9.87. The Kier molecular flexibility index (Phi) is 3.60. The summed E-state index contributed by atoms with van der Waals surface area (Å²) in [7, 11) is 0. The van der Waals surface area contributed by atoms with Crippen molar-refractivity contribution in [3.63, 3.8) is 0 Å². The Morgan fingerprint density at radius 1 is 1.20 bits per heavy atom. The maximum Gasteiger partial charge on any atom is 0.258 e. The zero-order valence-corrected chi connectivity index (χ0v) is 14.5. The van der Waals surface area contributed by atoms with Gasteiger partial charge in [-0.05, 0) is 36.6 Å². The minimum atomic E-state index is -0.0810. The van der Waals surface area contributed by atoms with E-state index in [2.05, 4.69) is 30.2 Å². The quantitative estimate of drug-likeness (QED) is 0.935. The molecule has 5 heteroatoms. The highest BCUT2D eigenvalue weighted by molar-refractivity contribution is 6.08. The molecular weight excluding hydrogens is 314 g/mol. The number of pyridine rings is 1. The van der Waals surface area contributed by atoms with Crippen molar-refractivity contribution >= 4 is 23.3 Å². The Bertz CT molecular complexity index is 856. The van der Waals surface area contributed by atoms with E-state index in [0.717, 1.165) is 18.5 Å². The van der Waals surface area contributed by atoms with Gasteiger partial charge >= 0.3 is 0 Å². The van der Waals surface area contributed by atoms with Gasteiger partial charge in [-0.15, -0.1) is 0 Å². The lowest BCUT2D eigenvalue weighted by Gasteiger charge is -2.21. The zero-order chi connectivity index (χ0) is 17.6. The SMILES string of the molecule is CC1(C)CN(C(=O)c2ccnc(NC(=O)C3CC3)c2)c2ccccc21. The fourth-order valence-electron chi connectivity index (χ4n) is 3.39. The largest absolute Gasteiger partial charge is 0.310 e. The molecule has 128 valence electrons. The molecule has 0 atom stereocenters.